The van der Waals surface area contributed by atoms with E-state index in [0.29, 0.717) is 19.3 Å². The van der Waals surface area contributed by atoms with Gasteiger partial charge >= 0.3 is 0 Å². The van der Waals surface area contributed by atoms with Crippen LogP contribution in [0.5, 0.6) is 0 Å². The second-order valence-corrected chi connectivity index (χ2v) is 5.10. The molecule has 0 aromatic carbocycles. The quantitative estimate of drug-likeness (QED) is 0.472. The van der Waals surface area contributed by atoms with Crippen LogP contribution in [-0.2, 0) is 28.8 Å². The first kappa shape index (κ1) is 32.0. The topological polar surface area (TPSA) is 131 Å². The summed E-state index contributed by atoms with van der Waals surface area (Å²) >= 11 is 0. The Kier molecular flexibility index (Phi) is 30.3. The number of carbonyl (C=O) groups is 5. The number of hydrogen-bond donors (Lipinski definition) is 1. The highest BCUT2D eigenvalue weighted by molar-refractivity contribution is 5.84. The molecule has 0 fully saturated rings. The minimum atomic E-state index is -0.166. The Morgan fingerprint density at radius 1 is 0.889 bits per heavy atom. The van der Waals surface area contributed by atoms with E-state index in [2.05, 4.69) is 33.7 Å². The molecule has 9 heteroatoms. The van der Waals surface area contributed by atoms with Crippen molar-refractivity contribution in [2.45, 2.75) is 53.9 Å². The number of carbonyl (C=O) groups excluding carboxylic acids is 5. The van der Waals surface area contributed by atoms with Gasteiger partial charge in [-0.1, -0.05) is 6.92 Å². The molecule has 0 aromatic heterocycles. The van der Waals surface area contributed by atoms with Gasteiger partial charge in [-0.15, -0.1) is 5.16 Å². The van der Waals surface area contributed by atoms with Crippen LogP contribution in [0.3, 0.4) is 0 Å². The van der Waals surface area contributed by atoms with Crippen LogP contribution in [0.15, 0.2) is 10.1 Å². The zero-order valence-corrected chi connectivity index (χ0v) is 17.3. The van der Waals surface area contributed by atoms with Crippen molar-refractivity contribution in [2.75, 3.05) is 20.2 Å². The molecular formula is C18H33N3O6. The Hall–Kier alpha value is -2.71. The smallest absolute Gasteiger partial charge is 0.217 e. The van der Waals surface area contributed by atoms with Crippen LogP contribution < -0.4 is 5.32 Å². The standard InChI is InChI=1S/C7H12O2.C5H9NO2.C4H7NO.C2H5NO/c1-3-7(9)5-4-6(2)8;1-4(7)3-6-5(2)8;1-4(6)3-5-2;1-3-4-2/h3-5H2,1-2H3;3H2,1-2H3,(H,6,8);2-3H2,1H3;1H2,2H3. The van der Waals surface area contributed by atoms with Crippen LogP contribution in [0.4, 0.5) is 0 Å². The summed E-state index contributed by atoms with van der Waals surface area (Å²) in [5.74, 6) is 0.132. The third-order valence-electron chi connectivity index (χ3n) is 2.20. The van der Waals surface area contributed by atoms with Gasteiger partial charge in [0, 0.05) is 32.9 Å². The van der Waals surface area contributed by atoms with Gasteiger partial charge in [-0.05, 0) is 27.5 Å². The van der Waals surface area contributed by atoms with Crippen molar-refractivity contribution in [3.63, 3.8) is 0 Å². The third-order valence-corrected chi connectivity index (χ3v) is 2.20. The molecule has 0 heterocycles. The van der Waals surface area contributed by atoms with E-state index in [1.54, 1.807) is 0 Å². The highest BCUT2D eigenvalue weighted by Crippen LogP contribution is 1.94. The Labute approximate surface area is 161 Å². The summed E-state index contributed by atoms with van der Waals surface area (Å²) in [7, 11) is 1.45. The number of Topliss-reactive ketones (excluding diaryl/α,β-unsaturated/α-hetero) is 4. The second kappa shape index (κ2) is 25.5. The van der Waals surface area contributed by atoms with Crippen LogP contribution in [0.25, 0.3) is 0 Å². The van der Waals surface area contributed by atoms with E-state index in [1.165, 1.54) is 34.8 Å². The molecule has 0 saturated heterocycles. The average molecular weight is 387 g/mol. The summed E-state index contributed by atoms with van der Waals surface area (Å²) in [6, 6.07) is 0. The summed E-state index contributed by atoms with van der Waals surface area (Å²) in [5, 5.41) is 5.34. The van der Waals surface area contributed by atoms with Crippen molar-refractivity contribution in [3.05, 3.63) is 0 Å². The van der Waals surface area contributed by atoms with E-state index >= 15 is 0 Å². The molecule has 156 valence electrons. The van der Waals surface area contributed by atoms with Gasteiger partial charge in [0.05, 0.1) is 13.1 Å². The molecule has 1 N–H and O–H groups in total. The Balaban J connectivity index is -0.000000136. The second-order valence-electron chi connectivity index (χ2n) is 5.10. The first-order chi connectivity index (χ1) is 12.5. The van der Waals surface area contributed by atoms with E-state index in [9.17, 15) is 24.0 Å². The number of nitrogens with one attached hydrogen (secondary N) is 1. The summed E-state index contributed by atoms with van der Waals surface area (Å²) in [5.41, 5.74) is 0. The lowest BCUT2D eigenvalue weighted by Crippen LogP contribution is -2.25. The molecule has 0 aliphatic heterocycles. The number of rotatable bonds is 9. The molecule has 1 amide bonds. The van der Waals surface area contributed by atoms with E-state index in [-0.39, 0.29) is 42.1 Å². The monoisotopic (exact) mass is 387 g/mol. The number of aliphatic imine (C=N–C) groups is 1. The first-order valence-corrected chi connectivity index (χ1v) is 8.14. The highest BCUT2D eigenvalue weighted by atomic mass is 16.6. The van der Waals surface area contributed by atoms with Gasteiger partial charge in [-0.2, -0.15) is 0 Å². The van der Waals surface area contributed by atoms with E-state index in [0.717, 1.165) is 0 Å². The molecule has 0 radical (unpaired) electrons. The van der Waals surface area contributed by atoms with Crippen molar-refractivity contribution in [2.24, 2.45) is 10.1 Å². The minimum Gasteiger partial charge on any atom is -0.400 e. The van der Waals surface area contributed by atoms with Crippen molar-refractivity contribution in [3.8, 4) is 0 Å². The predicted octanol–water partition coefficient (Wildman–Crippen LogP) is 1.57. The van der Waals surface area contributed by atoms with Crippen molar-refractivity contribution in [1.29, 1.82) is 0 Å². The van der Waals surface area contributed by atoms with Crippen LogP contribution in [0, 0.1) is 0 Å². The highest BCUT2D eigenvalue weighted by Gasteiger charge is 1.99. The maximum Gasteiger partial charge on any atom is 0.217 e. The lowest BCUT2D eigenvalue weighted by Gasteiger charge is -1.93. The molecule has 0 spiro atoms. The fraction of sp³-hybridized carbons (Fsp3) is 0.611. The molecule has 0 bridgehead atoms. The summed E-state index contributed by atoms with van der Waals surface area (Å²) < 4.78 is 0. The molecule has 0 aliphatic rings. The maximum absolute atomic E-state index is 10.6. The van der Waals surface area contributed by atoms with Gasteiger partial charge < -0.3 is 14.9 Å². The first-order valence-electron chi connectivity index (χ1n) is 8.14. The number of oxime groups is 1. The number of hydrogen-bond acceptors (Lipinski definition) is 8. The van der Waals surface area contributed by atoms with Gasteiger partial charge in [0.15, 0.2) is 5.78 Å². The fourth-order valence-electron chi connectivity index (χ4n) is 0.899. The SMILES string of the molecule is C=NCC(C)=O.C=NOC.CC(=O)CNC(C)=O.CCC(=O)CCC(C)=O. The van der Waals surface area contributed by atoms with Crippen molar-refractivity contribution >= 4 is 42.5 Å². The van der Waals surface area contributed by atoms with E-state index in [4.69, 9.17) is 0 Å². The summed E-state index contributed by atoms with van der Waals surface area (Å²) in [6.45, 7) is 14.1. The summed E-state index contributed by atoms with van der Waals surface area (Å²) in [4.78, 5) is 58.4. The lowest BCUT2D eigenvalue weighted by atomic mass is 10.1. The number of ketones is 4. The lowest BCUT2D eigenvalue weighted by molar-refractivity contribution is -0.123. The van der Waals surface area contributed by atoms with Crippen LogP contribution >= 0.6 is 0 Å². The van der Waals surface area contributed by atoms with Gasteiger partial charge in [-0.3, -0.25) is 24.2 Å². The van der Waals surface area contributed by atoms with Crippen LogP contribution in [-0.4, -0.2) is 62.7 Å². The zero-order chi connectivity index (χ0) is 22.3. The maximum atomic E-state index is 10.6. The Morgan fingerprint density at radius 3 is 1.52 bits per heavy atom. The average Bonchev–Trinajstić information content (AvgIpc) is 2.59. The molecular weight excluding hydrogens is 354 g/mol. The molecule has 27 heavy (non-hydrogen) atoms. The molecule has 0 aromatic rings. The Bertz CT molecular complexity index is 462. The molecule has 0 atom stereocenters. The largest absolute Gasteiger partial charge is 0.400 e. The van der Waals surface area contributed by atoms with E-state index in [1.807, 2.05) is 6.92 Å². The predicted molar refractivity (Wildman–Crippen MR) is 106 cm³/mol. The normalized spacial score (nSPS) is 7.93. The van der Waals surface area contributed by atoms with Gasteiger partial charge in [-0.25, -0.2) is 0 Å². The molecule has 0 saturated carbocycles. The van der Waals surface area contributed by atoms with Gasteiger partial charge in [0.1, 0.15) is 24.5 Å². The molecule has 0 rings (SSSR count). The summed E-state index contributed by atoms with van der Waals surface area (Å²) in [6.07, 6.45) is 1.38. The zero-order valence-electron chi connectivity index (χ0n) is 17.3. The fourth-order valence-corrected chi connectivity index (χ4v) is 0.899. The van der Waals surface area contributed by atoms with Crippen LogP contribution in [0.1, 0.15) is 53.9 Å². The van der Waals surface area contributed by atoms with Crippen molar-refractivity contribution in [1.82, 2.24) is 5.32 Å². The van der Waals surface area contributed by atoms with Crippen molar-refractivity contribution < 1.29 is 28.8 Å². The van der Waals surface area contributed by atoms with Gasteiger partial charge in [0.2, 0.25) is 5.91 Å². The third kappa shape index (κ3) is 59.8. The number of amides is 1. The minimum absolute atomic E-state index is 0.0276. The Morgan fingerprint density at radius 2 is 1.37 bits per heavy atom. The van der Waals surface area contributed by atoms with Crippen LogP contribution in [0.2, 0.25) is 0 Å². The molecule has 9 nitrogen and oxygen atoms in total. The van der Waals surface area contributed by atoms with E-state index < -0.39 is 0 Å². The van der Waals surface area contributed by atoms with Gasteiger partial charge in [0.25, 0.3) is 0 Å². The molecule has 0 unspecified atom stereocenters. The molecule has 0 aliphatic carbocycles. The number of nitrogens with zero attached hydrogens (tertiary/aromatic N) is 2.